The van der Waals surface area contributed by atoms with Gasteiger partial charge in [-0.05, 0) is 32.6 Å². The SMILES string of the molecule is C=C[C@@H](CCC)[C@H](CCC)C(=O)C(=O)OC(C)C. The first-order valence-corrected chi connectivity index (χ1v) is 6.85. The molecule has 0 amide bonds. The maximum atomic E-state index is 12.1. The molecule has 0 N–H and O–H groups in total. The highest BCUT2D eigenvalue weighted by atomic mass is 16.5. The molecule has 0 aromatic heterocycles. The predicted octanol–water partition coefficient (Wildman–Crippen LogP) is 3.53. The molecule has 0 aliphatic heterocycles. The number of ether oxygens (including phenoxy) is 1. The van der Waals surface area contributed by atoms with Gasteiger partial charge in [-0.2, -0.15) is 0 Å². The molecule has 0 aliphatic rings. The van der Waals surface area contributed by atoms with Crippen LogP contribution in [0.15, 0.2) is 12.7 Å². The fourth-order valence-corrected chi connectivity index (χ4v) is 2.09. The van der Waals surface area contributed by atoms with Crippen molar-refractivity contribution >= 4 is 11.8 Å². The number of carbonyl (C=O) groups is 2. The summed E-state index contributed by atoms with van der Waals surface area (Å²) >= 11 is 0. The third kappa shape index (κ3) is 5.48. The van der Waals surface area contributed by atoms with E-state index >= 15 is 0 Å². The van der Waals surface area contributed by atoms with Gasteiger partial charge in [0.1, 0.15) is 0 Å². The van der Waals surface area contributed by atoms with E-state index in [1.54, 1.807) is 19.9 Å². The number of hydrogen-bond acceptors (Lipinski definition) is 3. The van der Waals surface area contributed by atoms with Gasteiger partial charge in [0.25, 0.3) is 0 Å². The lowest BCUT2D eigenvalue weighted by atomic mass is 9.82. The summed E-state index contributed by atoms with van der Waals surface area (Å²) in [5, 5.41) is 0. The molecular formula is C15H26O3. The van der Waals surface area contributed by atoms with Crippen LogP contribution in [0.2, 0.25) is 0 Å². The highest BCUT2D eigenvalue weighted by Crippen LogP contribution is 2.25. The second kappa shape index (κ2) is 8.90. The van der Waals surface area contributed by atoms with E-state index < -0.39 is 11.8 Å². The molecule has 18 heavy (non-hydrogen) atoms. The lowest BCUT2D eigenvalue weighted by Crippen LogP contribution is -2.32. The Labute approximate surface area is 111 Å². The second-order valence-electron chi connectivity index (χ2n) is 4.90. The van der Waals surface area contributed by atoms with Crippen LogP contribution in [0.5, 0.6) is 0 Å². The van der Waals surface area contributed by atoms with Crippen molar-refractivity contribution in [1.82, 2.24) is 0 Å². The summed E-state index contributed by atoms with van der Waals surface area (Å²) in [6.07, 6.45) is 4.99. The van der Waals surface area contributed by atoms with E-state index in [1.807, 2.05) is 6.92 Å². The van der Waals surface area contributed by atoms with Crippen molar-refractivity contribution < 1.29 is 14.3 Å². The number of Topliss-reactive ketones (excluding diaryl/α,β-unsaturated/α-hetero) is 1. The van der Waals surface area contributed by atoms with Gasteiger partial charge in [0, 0.05) is 5.92 Å². The molecule has 0 aliphatic carbocycles. The van der Waals surface area contributed by atoms with Crippen molar-refractivity contribution in [2.24, 2.45) is 11.8 Å². The molecule has 0 heterocycles. The standard InChI is InChI=1S/C15H26O3/c1-6-9-12(8-3)13(10-7-2)14(16)15(17)18-11(4)5/h8,11-13H,3,6-7,9-10H2,1-2,4-5H3/t12-,13-/m0/s1. The Morgan fingerprint density at radius 2 is 1.72 bits per heavy atom. The molecule has 0 aromatic carbocycles. The highest BCUT2D eigenvalue weighted by Gasteiger charge is 2.31. The number of carbonyl (C=O) groups excluding carboxylic acids is 2. The van der Waals surface area contributed by atoms with Gasteiger partial charge in [-0.3, -0.25) is 4.79 Å². The number of ketones is 1. The first-order valence-electron chi connectivity index (χ1n) is 6.85. The Balaban J connectivity index is 4.80. The van der Waals surface area contributed by atoms with E-state index in [0.29, 0.717) is 6.42 Å². The normalized spacial score (nSPS) is 14.1. The molecule has 0 spiro atoms. The van der Waals surface area contributed by atoms with Gasteiger partial charge < -0.3 is 4.74 Å². The fraction of sp³-hybridized carbons (Fsp3) is 0.733. The van der Waals surface area contributed by atoms with Crippen LogP contribution in [0.1, 0.15) is 53.4 Å². The summed E-state index contributed by atoms with van der Waals surface area (Å²) in [6.45, 7) is 11.4. The van der Waals surface area contributed by atoms with E-state index in [0.717, 1.165) is 19.3 Å². The third-order valence-corrected chi connectivity index (χ3v) is 2.92. The van der Waals surface area contributed by atoms with Crippen LogP contribution in [-0.4, -0.2) is 17.9 Å². The van der Waals surface area contributed by atoms with Gasteiger partial charge in [0.15, 0.2) is 0 Å². The molecular weight excluding hydrogens is 228 g/mol. The smallest absolute Gasteiger partial charge is 0.375 e. The van der Waals surface area contributed by atoms with Crippen LogP contribution in [0.4, 0.5) is 0 Å². The number of hydrogen-bond donors (Lipinski definition) is 0. The van der Waals surface area contributed by atoms with Crippen molar-refractivity contribution in [1.29, 1.82) is 0 Å². The summed E-state index contributed by atoms with van der Waals surface area (Å²) in [5.41, 5.74) is 0. The molecule has 0 unspecified atom stereocenters. The minimum Gasteiger partial charge on any atom is -0.457 e. The predicted molar refractivity (Wildman–Crippen MR) is 73.2 cm³/mol. The molecule has 0 rings (SSSR count). The maximum absolute atomic E-state index is 12.1. The van der Waals surface area contributed by atoms with Crippen LogP contribution in [0.25, 0.3) is 0 Å². The van der Waals surface area contributed by atoms with Gasteiger partial charge in [-0.25, -0.2) is 4.79 Å². The molecule has 0 saturated carbocycles. The molecule has 0 fully saturated rings. The van der Waals surface area contributed by atoms with E-state index in [1.165, 1.54) is 0 Å². The van der Waals surface area contributed by atoms with Crippen molar-refractivity contribution in [2.45, 2.75) is 59.5 Å². The zero-order valence-electron chi connectivity index (χ0n) is 12.1. The van der Waals surface area contributed by atoms with Gasteiger partial charge in [0.2, 0.25) is 5.78 Å². The van der Waals surface area contributed by atoms with E-state index in [9.17, 15) is 9.59 Å². The lowest BCUT2D eigenvalue weighted by Gasteiger charge is -2.22. The second-order valence-corrected chi connectivity index (χ2v) is 4.90. The summed E-state index contributed by atoms with van der Waals surface area (Å²) in [5.74, 6) is -1.31. The van der Waals surface area contributed by atoms with Gasteiger partial charge in [-0.15, -0.1) is 6.58 Å². The Morgan fingerprint density at radius 3 is 2.11 bits per heavy atom. The Bertz CT molecular complexity index is 281. The van der Waals surface area contributed by atoms with E-state index in [2.05, 4.69) is 13.5 Å². The molecule has 0 aromatic rings. The zero-order valence-corrected chi connectivity index (χ0v) is 12.1. The Kier molecular flexibility index (Phi) is 8.34. The highest BCUT2D eigenvalue weighted by molar-refractivity contribution is 6.34. The van der Waals surface area contributed by atoms with Gasteiger partial charge in [0.05, 0.1) is 6.10 Å². The average Bonchev–Trinajstić information content (AvgIpc) is 2.31. The topological polar surface area (TPSA) is 43.4 Å². The minimum absolute atomic E-state index is 0.0714. The van der Waals surface area contributed by atoms with Gasteiger partial charge >= 0.3 is 5.97 Å². The molecule has 2 atom stereocenters. The van der Waals surface area contributed by atoms with Crippen molar-refractivity contribution in [3.63, 3.8) is 0 Å². The minimum atomic E-state index is -0.702. The van der Waals surface area contributed by atoms with Crippen LogP contribution in [0, 0.1) is 11.8 Å². The number of rotatable bonds is 9. The van der Waals surface area contributed by atoms with E-state index in [4.69, 9.17) is 4.74 Å². The largest absolute Gasteiger partial charge is 0.457 e. The molecule has 0 radical (unpaired) electrons. The zero-order chi connectivity index (χ0) is 14.1. The summed E-state index contributed by atoms with van der Waals surface area (Å²) in [7, 11) is 0. The third-order valence-electron chi connectivity index (χ3n) is 2.92. The van der Waals surface area contributed by atoms with Crippen LogP contribution in [0.3, 0.4) is 0 Å². The monoisotopic (exact) mass is 254 g/mol. The van der Waals surface area contributed by atoms with Crippen molar-refractivity contribution in [3.05, 3.63) is 12.7 Å². The summed E-state index contributed by atoms with van der Waals surface area (Å²) in [6, 6.07) is 0. The molecule has 3 nitrogen and oxygen atoms in total. The lowest BCUT2D eigenvalue weighted by molar-refractivity contribution is -0.159. The summed E-state index contributed by atoms with van der Waals surface area (Å²) in [4.78, 5) is 23.8. The Hall–Kier alpha value is -1.12. The van der Waals surface area contributed by atoms with Gasteiger partial charge in [-0.1, -0.05) is 32.8 Å². The molecule has 0 bridgehead atoms. The van der Waals surface area contributed by atoms with Crippen LogP contribution in [-0.2, 0) is 14.3 Å². The molecule has 0 saturated heterocycles. The van der Waals surface area contributed by atoms with E-state index in [-0.39, 0.29) is 17.9 Å². The fourth-order valence-electron chi connectivity index (χ4n) is 2.09. The first-order chi connectivity index (χ1) is 8.47. The molecule has 104 valence electrons. The molecule has 3 heteroatoms. The number of allylic oxidation sites excluding steroid dienone is 1. The quantitative estimate of drug-likeness (QED) is 0.359. The van der Waals surface area contributed by atoms with Crippen molar-refractivity contribution in [3.8, 4) is 0 Å². The Morgan fingerprint density at radius 1 is 1.17 bits per heavy atom. The average molecular weight is 254 g/mol. The van der Waals surface area contributed by atoms with Crippen molar-refractivity contribution in [2.75, 3.05) is 0 Å². The number of esters is 1. The first kappa shape index (κ1) is 16.9. The van der Waals surface area contributed by atoms with Crippen LogP contribution < -0.4 is 0 Å². The summed E-state index contributed by atoms with van der Waals surface area (Å²) < 4.78 is 4.99. The van der Waals surface area contributed by atoms with Crippen LogP contribution >= 0.6 is 0 Å². The maximum Gasteiger partial charge on any atom is 0.375 e.